The first kappa shape index (κ1) is 9.84. The fraction of sp³-hybridized carbons (Fsp3) is 0.125. The summed E-state index contributed by atoms with van der Waals surface area (Å²) in [5.74, 6) is 0. The van der Waals surface area contributed by atoms with Crippen LogP contribution in [0.2, 0.25) is 5.02 Å². The Bertz CT molecular complexity index is 312. The Kier molecular flexibility index (Phi) is 3.38. The van der Waals surface area contributed by atoms with Gasteiger partial charge in [0.25, 0.3) is 0 Å². The lowest BCUT2D eigenvalue weighted by molar-refractivity contribution is 1.42. The van der Waals surface area contributed by atoms with Gasteiger partial charge in [0.2, 0.25) is 0 Å². The summed E-state index contributed by atoms with van der Waals surface area (Å²) in [5.41, 5.74) is 6.41. The maximum Gasteiger partial charge on any atom is 0.105 e. The Hall–Kier alpha value is -0.250. The Labute approximate surface area is 86.3 Å². The van der Waals surface area contributed by atoms with Crippen molar-refractivity contribution in [1.82, 2.24) is 0 Å². The topological polar surface area (TPSA) is 26.0 Å². The number of hydrogen-bond acceptors (Lipinski definition) is 2. The molecular weight excluding hydrogens is 210 g/mol. The van der Waals surface area contributed by atoms with Crippen molar-refractivity contribution in [3.05, 3.63) is 28.8 Å². The first-order valence-electron chi connectivity index (χ1n) is 3.28. The van der Waals surface area contributed by atoms with Crippen LogP contribution in [0.1, 0.15) is 5.56 Å². The fourth-order valence-electron chi connectivity index (χ4n) is 0.869. The number of benzene rings is 1. The minimum absolute atomic E-state index is 0.413. The molecule has 0 aliphatic carbocycles. The largest absolute Gasteiger partial charge is 0.389 e. The molecule has 0 fully saturated rings. The molecule has 1 aromatic rings. The van der Waals surface area contributed by atoms with E-state index < -0.39 is 0 Å². The Balaban J connectivity index is 3.20. The van der Waals surface area contributed by atoms with Gasteiger partial charge >= 0.3 is 0 Å². The molecule has 64 valence electrons. The molecule has 0 saturated carbocycles. The van der Waals surface area contributed by atoms with Crippen LogP contribution in [-0.4, -0.2) is 11.2 Å². The number of halogens is 1. The van der Waals surface area contributed by atoms with E-state index in [9.17, 15) is 0 Å². The standard InChI is InChI=1S/C8H8ClNS2/c1-12-7-4-5(9)2-3-6(7)8(10)11/h2-4H,1H3,(H2,10,11). The van der Waals surface area contributed by atoms with Gasteiger partial charge in [-0.25, -0.2) is 0 Å². The van der Waals surface area contributed by atoms with Gasteiger partial charge in [-0.15, -0.1) is 11.8 Å². The van der Waals surface area contributed by atoms with E-state index in [4.69, 9.17) is 29.6 Å². The molecule has 0 aromatic heterocycles. The Morgan fingerprint density at radius 2 is 2.25 bits per heavy atom. The maximum atomic E-state index is 5.80. The molecule has 0 heterocycles. The first-order chi connectivity index (χ1) is 5.65. The molecule has 2 N–H and O–H groups in total. The van der Waals surface area contributed by atoms with Crippen molar-refractivity contribution in [2.75, 3.05) is 6.26 Å². The van der Waals surface area contributed by atoms with E-state index in [1.165, 1.54) is 0 Å². The van der Waals surface area contributed by atoms with Gasteiger partial charge in [-0.3, -0.25) is 0 Å². The van der Waals surface area contributed by atoms with Gasteiger partial charge in [0.15, 0.2) is 0 Å². The van der Waals surface area contributed by atoms with Crippen LogP contribution in [0.25, 0.3) is 0 Å². The van der Waals surface area contributed by atoms with Crippen LogP contribution < -0.4 is 5.73 Å². The van der Waals surface area contributed by atoms with Gasteiger partial charge in [-0.05, 0) is 24.5 Å². The molecule has 1 aromatic carbocycles. The Morgan fingerprint density at radius 3 is 2.75 bits per heavy atom. The highest BCUT2D eigenvalue weighted by Gasteiger charge is 2.03. The summed E-state index contributed by atoms with van der Waals surface area (Å²) in [7, 11) is 0. The highest BCUT2D eigenvalue weighted by atomic mass is 35.5. The van der Waals surface area contributed by atoms with Crippen molar-refractivity contribution >= 4 is 40.6 Å². The van der Waals surface area contributed by atoms with Crippen LogP contribution in [0.4, 0.5) is 0 Å². The molecule has 0 aliphatic rings. The molecule has 0 bridgehead atoms. The smallest absolute Gasteiger partial charge is 0.105 e. The molecule has 0 unspecified atom stereocenters. The van der Waals surface area contributed by atoms with Crippen LogP contribution in [0.5, 0.6) is 0 Å². The van der Waals surface area contributed by atoms with Crippen molar-refractivity contribution in [3.63, 3.8) is 0 Å². The van der Waals surface area contributed by atoms with E-state index in [0.717, 1.165) is 10.5 Å². The summed E-state index contributed by atoms with van der Waals surface area (Å²) in [6, 6.07) is 5.49. The van der Waals surface area contributed by atoms with E-state index in [1.807, 2.05) is 18.4 Å². The van der Waals surface area contributed by atoms with Gasteiger partial charge in [0, 0.05) is 15.5 Å². The van der Waals surface area contributed by atoms with Crippen LogP contribution >= 0.6 is 35.6 Å². The monoisotopic (exact) mass is 217 g/mol. The van der Waals surface area contributed by atoms with Crippen LogP contribution in [0, 0.1) is 0 Å². The summed E-state index contributed by atoms with van der Waals surface area (Å²) < 4.78 is 0. The van der Waals surface area contributed by atoms with E-state index >= 15 is 0 Å². The molecule has 0 atom stereocenters. The highest BCUT2D eigenvalue weighted by Crippen LogP contribution is 2.24. The van der Waals surface area contributed by atoms with Gasteiger partial charge in [0.1, 0.15) is 4.99 Å². The number of thiocarbonyl (C=S) groups is 1. The van der Waals surface area contributed by atoms with Gasteiger partial charge < -0.3 is 5.73 Å². The second-order valence-corrected chi connectivity index (χ2v) is 3.93. The Morgan fingerprint density at radius 1 is 1.58 bits per heavy atom. The number of hydrogen-bond donors (Lipinski definition) is 1. The van der Waals surface area contributed by atoms with Crippen LogP contribution in [-0.2, 0) is 0 Å². The average molecular weight is 218 g/mol. The second kappa shape index (κ2) is 4.12. The SMILES string of the molecule is CSc1cc(Cl)ccc1C(N)=S. The van der Waals surface area contributed by atoms with Gasteiger partial charge in [0.05, 0.1) is 0 Å². The lowest BCUT2D eigenvalue weighted by Gasteiger charge is -2.04. The minimum atomic E-state index is 0.413. The molecule has 0 saturated heterocycles. The molecule has 0 aliphatic heterocycles. The second-order valence-electron chi connectivity index (χ2n) is 2.21. The zero-order valence-electron chi connectivity index (χ0n) is 6.50. The number of nitrogens with two attached hydrogens (primary N) is 1. The molecule has 12 heavy (non-hydrogen) atoms. The van der Waals surface area contributed by atoms with Crippen molar-refractivity contribution in [2.24, 2.45) is 5.73 Å². The summed E-state index contributed by atoms with van der Waals surface area (Å²) in [4.78, 5) is 1.44. The molecule has 0 spiro atoms. The average Bonchev–Trinajstić information content (AvgIpc) is 2.03. The normalized spacial score (nSPS) is 9.83. The molecule has 4 heteroatoms. The van der Waals surface area contributed by atoms with Crippen molar-refractivity contribution in [2.45, 2.75) is 4.90 Å². The fourth-order valence-corrected chi connectivity index (χ4v) is 1.99. The minimum Gasteiger partial charge on any atom is -0.389 e. The molecule has 0 amide bonds. The highest BCUT2D eigenvalue weighted by molar-refractivity contribution is 7.98. The molecular formula is C8H8ClNS2. The predicted octanol–water partition coefficient (Wildman–Crippen LogP) is 2.70. The molecule has 0 radical (unpaired) electrons. The van der Waals surface area contributed by atoms with Crippen molar-refractivity contribution < 1.29 is 0 Å². The zero-order chi connectivity index (χ0) is 9.14. The van der Waals surface area contributed by atoms with E-state index in [1.54, 1.807) is 17.8 Å². The van der Waals surface area contributed by atoms with Crippen LogP contribution in [0.15, 0.2) is 23.1 Å². The third-order valence-electron chi connectivity index (χ3n) is 1.43. The van der Waals surface area contributed by atoms with Gasteiger partial charge in [-0.1, -0.05) is 23.8 Å². The van der Waals surface area contributed by atoms with Crippen LogP contribution in [0.3, 0.4) is 0 Å². The summed E-state index contributed by atoms with van der Waals surface area (Å²) in [6.45, 7) is 0. The quantitative estimate of drug-likeness (QED) is 0.610. The lowest BCUT2D eigenvalue weighted by Crippen LogP contribution is -2.10. The lowest BCUT2D eigenvalue weighted by atomic mass is 10.2. The molecule has 1 rings (SSSR count). The number of thioether (sulfide) groups is 1. The zero-order valence-corrected chi connectivity index (χ0v) is 8.89. The van der Waals surface area contributed by atoms with E-state index in [2.05, 4.69) is 0 Å². The predicted molar refractivity (Wildman–Crippen MR) is 59.1 cm³/mol. The molecule has 1 nitrogen and oxygen atoms in total. The first-order valence-corrected chi connectivity index (χ1v) is 5.29. The van der Waals surface area contributed by atoms with E-state index in [0.29, 0.717) is 10.0 Å². The maximum absolute atomic E-state index is 5.80. The third kappa shape index (κ3) is 2.12. The third-order valence-corrected chi connectivity index (χ3v) is 2.66. The summed E-state index contributed by atoms with van der Waals surface area (Å²) in [5, 5.41) is 0.708. The van der Waals surface area contributed by atoms with E-state index in [-0.39, 0.29) is 0 Å². The summed E-state index contributed by atoms with van der Waals surface area (Å²) in [6.07, 6.45) is 1.97. The van der Waals surface area contributed by atoms with Crippen molar-refractivity contribution in [1.29, 1.82) is 0 Å². The summed E-state index contributed by atoms with van der Waals surface area (Å²) >= 11 is 12.3. The van der Waals surface area contributed by atoms with Gasteiger partial charge in [-0.2, -0.15) is 0 Å². The number of rotatable bonds is 2. The van der Waals surface area contributed by atoms with Crippen molar-refractivity contribution in [3.8, 4) is 0 Å².